The molecule has 0 spiro atoms. The Kier molecular flexibility index (Phi) is 7.00. The van der Waals surface area contributed by atoms with Gasteiger partial charge in [0.15, 0.2) is 0 Å². The van der Waals surface area contributed by atoms with Gasteiger partial charge in [-0.1, -0.05) is 56.7 Å². The van der Waals surface area contributed by atoms with Gasteiger partial charge in [0.2, 0.25) is 11.8 Å². The zero-order chi connectivity index (χ0) is 28.8. The number of imide groups is 1. The summed E-state index contributed by atoms with van der Waals surface area (Å²) in [5.41, 5.74) is 3.27. The molecule has 3 saturated heterocycles. The minimum absolute atomic E-state index is 0.00704. The summed E-state index contributed by atoms with van der Waals surface area (Å²) in [6.07, 6.45) is 5.26. The van der Waals surface area contributed by atoms with E-state index in [0.29, 0.717) is 32.3 Å². The number of carbonyl (C=O) groups is 2. The van der Waals surface area contributed by atoms with Crippen molar-refractivity contribution < 1.29 is 14.3 Å². The average Bonchev–Trinajstić information content (AvgIpc) is 3.70. The van der Waals surface area contributed by atoms with Crippen LogP contribution in [0.25, 0.3) is 10.8 Å². The molecule has 9 heteroatoms. The summed E-state index contributed by atoms with van der Waals surface area (Å²) in [4.78, 5) is 42.1. The SMILES string of the molecule is CCCC1(COc2nc3c(c(N4CC5C(=O)NC(=O)C5C4)n2)CCN(c2cccc4ccccc24)C3)CCCN1CC. The van der Waals surface area contributed by atoms with Crippen molar-refractivity contribution in [1.29, 1.82) is 0 Å². The Bertz CT molecular complexity index is 1500. The number of nitrogens with one attached hydrogen (secondary N) is 1. The molecule has 0 bridgehead atoms. The number of carbonyl (C=O) groups excluding carboxylic acids is 2. The van der Waals surface area contributed by atoms with E-state index in [4.69, 9.17) is 14.7 Å². The van der Waals surface area contributed by atoms with E-state index in [1.165, 1.54) is 22.9 Å². The first-order valence-electron chi connectivity index (χ1n) is 15.6. The molecule has 0 saturated carbocycles. The fourth-order valence-electron chi connectivity index (χ4n) is 7.89. The van der Waals surface area contributed by atoms with E-state index >= 15 is 0 Å². The molecular formula is C33H40N6O3. The number of nitrogens with zero attached hydrogens (tertiary/aromatic N) is 5. The van der Waals surface area contributed by atoms with Crippen molar-refractivity contribution in [3.63, 3.8) is 0 Å². The smallest absolute Gasteiger partial charge is 0.318 e. The maximum absolute atomic E-state index is 12.5. The van der Waals surface area contributed by atoms with E-state index < -0.39 is 0 Å². The van der Waals surface area contributed by atoms with Gasteiger partial charge in [-0.15, -0.1) is 0 Å². The highest BCUT2D eigenvalue weighted by molar-refractivity contribution is 6.06. The third-order valence-corrected chi connectivity index (χ3v) is 9.98. The van der Waals surface area contributed by atoms with Gasteiger partial charge in [-0.3, -0.25) is 19.8 Å². The van der Waals surface area contributed by atoms with Gasteiger partial charge in [-0.25, -0.2) is 0 Å². The van der Waals surface area contributed by atoms with Crippen molar-refractivity contribution in [3.05, 3.63) is 53.7 Å². The number of hydrogen-bond acceptors (Lipinski definition) is 8. The normalized spacial score (nSPS) is 25.7. The lowest BCUT2D eigenvalue weighted by Crippen LogP contribution is -2.48. The van der Waals surface area contributed by atoms with E-state index in [9.17, 15) is 9.59 Å². The summed E-state index contributed by atoms with van der Waals surface area (Å²) in [6, 6.07) is 15.4. The minimum Gasteiger partial charge on any atom is -0.461 e. The summed E-state index contributed by atoms with van der Waals surface area (Å²) in [6.45, 7) is 9.60. The number of amides is 2. The Labute approximate surface area is 247 Å². The first-order valence-corrected chi connectivity index (χ1v) is 15.6. The fraction of sp³-hybridized carbons (Fsp3) is 0.515. The van der Waals surface area contributed by atoms with E-state index in [2.05, 4.69) is 76.3 Å². The van der Waals surface area contributed by atoms with Crippen LogP contribution in [0.15, 0.2) is 42.5 Å². The predicted octanol–water partition coefficient (Wildman–Crippen LogP) is 3.93. The second kappa shape index (κ2) is 10.8. The highest BCUT2D eigenvalue weighted by Gasteiger charge is 2.49. The lowest BCUT2D eigenvalue weighted by molar-refractivity contribution is -0.126. The number of aromatic nitrogens is 2. The molecule has 4 aliphatic rings. The molecule has 2 aromatic carbocycles. The molecule has 9 nitrogen and oxygen atoms in total. The number of ether oxygens (including phenoxy) is 1. The van der Waals surface area contributed by atoms with Crippen LogP contribution in [0.3, 0.4) is 0 Å². The summed E-state index contributed by atoms with van der Waals surface area (Å²) in [5, 5.41) is 4.96. The van der Waals surface area contributed by atoms with Crippen molar-refractivity contribution in [2.24, 2.45) is 11.8 Å². The molecule has 3 fully saturated rings. The molecule has 5 heterocycles. The Morgan fingerprint density at radius 2 is 1.76 bits per heavy atom. The highest BCUT2D eigenvalue weighted by Crippen LogP contribution is 2.39. The second-order valence-corrected chi connectivity index (χ2v) is 12.3. The summed E-state index contributed by atoms with van der Waals surface area (Å²) < 4.78 is 6.54. The largest absolute Gasteiger partial charge is 0.461 e. The molecule has 3 unspecified atom stereocenters. The second-order valence-electron chi connectivity index (χ2n) is 12.3. The quantitative estimate of drug-likeness (QED) is 0.409. The number of anilines is 2. The lowest BCUT2D eigenvalue weighted by Gasteiger charge is -2.38. The number of fused-ring (bicyclic) bond motifs is 3. The zero-order valence-corrected chi connectivity index (χ0v) is 24.6. The van der Waals surface area contributed by atoms with E-state index in [1.54, 1.807) is 0 Å². The molecule has 220 valence electrons. The third kappa shape index (κ3) is 4.58. The zero-order valence-electron chi connectivity index (χ0n) is 24.6. The molecule has 0 radical (unpaired) electrons. The fourth-order valence-corrected chi connectivity index (χ4v) is 7.89. The van der Waals surface area contributed by atoms with Crippen LogP contribution < -0.4 is 19.9 Å². The molecule has 2 amide bonds. The topological polar surface area (TPSA) is 90.9 Å². The third-order valence-electron chi connectivity index (χ3n) is 9.98. The van der Waals surface area contributed by atoms with Crippen molar-refractivity contribution >= 4 is 34.1 Å². The summed E-state index contributed by atoms with van der Waals surface area (Å²) >= 11 is 0. The molecule has 3 aromatic rings. The summed E-state index contributed by atoms with van der Waals surface area (Å²) in [5.74, 6) is -0.168. The Hall–Kier alpha value is -3.72. The van der Waals surface area contributed by atoms with Crippen molar-refractivity contribution in [1.82, 2.24) is 20.2 Å². The van der Waals surface area contributed by atoms with Gasteiger partial charge >= 0.3 is 6.01 Å². The number of hydrogen-bond donors (Lipinski definition) is 1. The molecule has 4 aliphatic heterocycles. The van der Waals surface area contributed by atoms with Gasteiger partial charge in [0.25, 0.3) is 0 Å². The van der Waals surface area contributed by atoms with Crippen LogP contribution in [0.4, 0.5) is 11.5 Å². The molecule has 1 N–H and O–H groups in total. The van der Waals surface area contributed by atoms with Gasteiger partial charge < -0.3 is 14.5 Å². The van der Waals surface area contributed by atoms with Crippen LogP contribution in [0.1, 0.15) is 50.8 Å². The Morgan fingerprint density at radius 3 is 2.55 bits per heavy atom. The van der Waals surface area contributed by atoms with E-state index in [-0.39, 0.29) is 29.2 Å². The maximum atomic E-state index is 12.5. The molecule has 0 aliphatic carbocycles. The minimum atomic E-state index is -0.326. The molecule has 7 rings (SSSR count). The summed E-state index contributed by atoms with van der Waals surface area (Å²) in [7, 11) is 0. The Balaban J connectivity index is 1.23. The molecular weight excluding hydrogens is 528 g/mol. The van der Waals surface area contributed by atoms with Gasteiger partial charge in [-0.2, -0.15) is 9.97 Å². The highest BCUT2D eigenvalue weighted by atomic mass is 16.5. The molecule has 3 atom stereocenters. The standard InChI is InChI=1S/C33H40N6O3/c1-3-14-33(15-8-16-39(33)4-2)21-42-32-34-27-20-37(28-12-7-10-22-9-5-6-11-23(22)28)17-13-24(27)29(35-32)38-18-25-26(19-38)31(41)36-30(25)40/h5-7,9-12,25-26H,3-4,8,13-21H2,1-2H3,(H,36,40,41). The molecule has 42 heavy (non-hydrogen) atoms. The maximum Gasteiger partial charge on any atom is 0.318 e. The van der Waals surface area contributed by atoms with Gasteiger partial charge in [-0.05, 0) is 50.2 Å². The van der Waals surface area contributed by atoms with E-state index in [0.717, 1.165) is 62.4 Å². The van der Waals surface area contributed by atoms with Gasteiger partial charge in [0.1, 0.15) is 12.4 Å². The van der Waals surface area contributed by atoms with Crippen LogP contribution in [0, 0.1) is 11.8 Å². The van der Waals surface area contributed by atoms with Crippen LogP contribution >= 0.6 is 0 Å². The first-order chi connectivity index (χ1) is 20.5. The Morgan fingerprint density at radius 1 is 0.976 bits per heavy atom. The number of rotatable bonds is 8. The van der Waals surface area contributed by atoms with Crippen LogP contribution in [-0.4, -0.2) is 71.6 Å². The number of likely N-dealkylation sites (tertiary alicyclic amines) is 1. The van der Waals surface area contributed by atoms with Crippen LogP contribution in [0.5, 0.6) is 6.01 Å². The van der Waals surface area contributed by atoms with E-state index in [1.807, 2.05) is 0 Å². The monoisotopic (exact) mass is 568 g/mol. The van der Waals surface area contributed by atoms with Crippen molar-refractivity contribution in [3.8, 4) is 6.01 Å². The van der Waals surface area contributed by atoms with Crippen molar-refractivity contribution in [2.45, 2.75) is 58.0 Å². The van der Waals surface area contributed by atoms with Crippen LogP contribution in [-0.2, 0) is 22.6 Å². The lowest BCUT2D eigenvalue weighted by atomic mass is 9.91. The number of likely N-dealkylation sites (N-methyl/N-ethyl adjacent to an activating group) is 1. The van der Waals surface area contributed by atoms with Gasteiger partial charge in [0.05, 0.1) is 29.6 Å². The first kappa shape index (κ1) is 27.1. The average molecular weight is 569 g/mol. The van der Waals surface area contributed by atoms with Crippen molar-refractivity contribution in [2.75, 3.05) is 49.1 Å². The van der Waals surface area contributed by atoms with Gasteiger partial charge in [0, 0.05) is 36.3 Å². The number of benzene rings is 2. The molecule has 1 aromatic heterocycles. The van der Waals surface area contributed by atoms with Crippen LogP contribution in [0.2, 0.25) is 0 Å². The predicted molar refractivity (Wildman–Crippen MR) is 163 cm³/mol.